The monoisotopic (exact) mass is 391 g/mol. The van der Waals surface area contributed by atoms with Crippen molar-refractivity contribution in [1.29, 1.82) is 0 Å². The number of benzene rings is 2. The Morgan fingerprint density at radius 1 is 1.00 bits per heavy atom. The van der Waals surface area contributed by atoms with Crippen molar-refractivity contribution in [1.82, 2.24) is 0 Å². The third-order valence-electron chi connectivity index (χ3n) is 4.17. The van der Waals surface area contributed by atoms with Gasteiger partial charge in [0.15, 0.2) is 13.9 Å². The van der Waals surface area contributed by atoms with Crippen molar-refractivity contribution < 1.29 is 18.7 Å². The number of methoxy groups -OCH3 is 2. The van der Waals surface area contributed by atoms with Crippen LogP contribution in [0, 0.1) is 0 Å². The number of fused-ring (bicyclic) bond motifs is 1. The fraction of sp³-hybridized carbons (Fsp3) is 0.316. The zero-order valence-electron chi connectivity index (χ0n) is 15.5. The highest BCUT2D eigenvalue weighted by atomic mass is 35.5. The molecule has 26 heavy (non-hydrogen) atoms. The van der Waals surface area contributed by atoms with Gasteiger partial charge in [-0.3, -0.25) is 4.79 Å². The third kappa shape index (κ3) is 3.09. The van der Waals surface area contributed by atoms with Gasteiger partial charge in [-0.1, -0.05) is 11.6 Å². The number of halogens is 1. The lowest BCUT2D eigenvalue weighted by atomic mass is 9.86. The van der Waals surface area contributed by atoms with Crippen LogP contribution in [0.2, 0.25) is 24.7 Å². The SMILES string of the molecule is COc1ccc(OC)c(C2(O[Si](C)(C)C)C(=O)Nc3ccc(Cl)cc32)c1. The first-order valence-electron chi connectivity index (χ1n) is 8.25. The Kier molecular flexibility index (Phi) is 4.77. The van der Waals surface area contributed by atoms with Crippen molar-refractivity contribution in [3.05, 3.63) is 52.5 Å². The summed E-state index contributed by atoms with van der Waals surface area (Å²) in [7, 11) is 0.981. The molecule has 1 amide bonds. The van der Waals surface area contributed by atoms with Crippen LogP contribution in [-0.2, 0) is 14.8 Å². The number of ether oxygens (including phenoxy) is 2. The van der Waals surface area contributed by atoms with E-state index in [1.807, 2.05) is 19.6 Å². The summed E-state index contributed by atoms with van der Waals surface area (Å²) in [5.74, 6) is 0.901. The van der Waals surface area contributed by atoms with E-state index >= 15 is 0 Å². The van der Waals surface area contributed by atoms with Gasteiger partial charge in [-0.15, -0.1) is 0 Å². The van der Waals surface area contributed by atoms with E-state index in [9.17, 15) is 4.79 Å². The van der Waals surface area contributed by atoms with Crippen molar-refractivity contribution in [3.8, 4) is 11.5 Å². The quantitative estimate of drug-likeness (QED) is 0.767. The Hall–Kier alpha value is -2.02. The van der Waals surface area contributed by atoms with Crippen LogP contribution < -0.4 is 14.8 Å². The zero-order valence-corrected chi connectivity index (χ0v) is 17.2. The van der Waals surface area contributed by atoms with Crippen LogP contribution in [0.15, 0.2) is 36.4 Å². The molecule has 1 N–H and O–H groups in total. The van der Waals surface area contributed by atoms with Crippen molar-refractivity contribution in [2.75, 3.05) is 19.5 Å². The molecule has 138 valence electrons. The molecule has 0 aliphatic carbocycles. The molecular formula is C19H22ClNO4Si. The molecule has 0 fully saturated rings. The second-order valence-electron chi connectivity index (χ2n) is 7.11. The van der Waals surface area contributed by atoms with Crippen LogP contribution in [0.3, 0.4) is 0 Å². The lowest BCUT2D eigenvalue weighted by Crippen LogP contribution is -2.46. The lowest BCUT2D eigenvalue weighted by Gasteiger charge is -2.36. The second kappa shape index (κ2) is 6.61. The summed E-state index contributed by atoms with van der Waals surface area (Å²) in [6.07, 6.45) is 0. The van der Waals surface area contributed by atoms with Gasteiger partial charge in [-0.2, -0.15) is 0 Å². The summed E-state index contributed by atoms with van der Waals surface area (Å²) < 4.78 is 17.5. The molecule has 0 spiro atoms. The van der Waals surface area contributed by atoms with E-state index in [1.165, 1.54) is 0 Å². The third-order valence-corrected chi connectivity index (χ3v) is 5.33. The summed E-state index contributed by atoms with van der Waals surface area (Å²) in [4.78, 5) is 13.3. The van der Waals surface area contributed by atoms with E-state index in [1.54, 1.807) is 50.6 Å². The fourth-order valence-electron chi connectivity index (χ4n) is 3.22. The van der Waals surface area contributed by atoms with Crippen LogP contribution >= 0.6 is 11.6 Å². The second-order valence-corrected chi connectivity index (χ2v) is 12.0. The standard InChI is InChI=1S/C19H22ClNO4Si/c1-23-13-7-9-17(24-2)15(11-13)19(25-26(3,4)5)14-10-12(20)6-8-16(14)21-18(19)22/h6-11H,1-5H3,(H,21,22). The van der Waals surface area contributed by atoms with Gasteiger partial charge in [0, 0.05) is 21.8 Å². The van der Waals surface area contributed by atoms with Crippen molar-refractivity contribution in [2.24, 2.45) is 0 Å². The topological polar surface area (TPSA) is 56.8 Å². The minimum absolute atomic E-state index is 0.260. The van der Waals surface area contributed by atoms with Crippen LogP contribution in [0.1, 0.15) is 11.1 Å². The smallest absolute Gasteiger partial charge is 0.265 e. The fourth-order valence-corrected chi connectivity index (χ4v) is 4.62. The first-order valence-corrected chi connectivity index (χ1v) is 12.0. The molecule has 7 heteroatoms. The summed E-state index contributed by atoms with van der Waals surface area (Å²) in [6, 6.07) is 10.7. The first-order chi connectivity index (χ1) is 12.2. The first kappa shape index (κ1) is 18.8. The van der Waals surface area contributed by atoms with Crippen LogP contribution in [0.4, 0.5) is 5.69 Å². The number of carbonyl (C=O) groups excluding carboxylic acids is 1. The molecule has 5 nitrogen and oxygen atoms in total. The molecule has 1 aliphatic rings. The summed E-state index contributed by atoms with van der Waals surface area (Å²) in [5, 5.41) is 3.46. The predicted molar refractivity (Wildman–Crippen MR) is 105 cm³/mol. The average Bonchev–Trinajstić information content (AvgIpc) is 2.85. The van der Waals surface area contributed by atoms with Crippen molar-refractivity contribution in [2.45, 2.75) is 25.2 Å². The van der Waals surface area contributed by atoms with Crippen LogP contribution in [0.25, 0.3) is 0 Å². The highest BCUT2D eigenvalue weighted by molar-refractivity contribution is 6.70. The van der Waals surface area contributed by atoms with Gasteiger partial charge in [0.2, 0.25) is 0 Å². The normalized spacial score (nSPS) is 19.1. The zero-order chi connectivity index (χ0) is 19.1. The number of nitrogens with one attached hydrogen (secondary N) is 1. The molecule has 0 saturated carbocycles. The number of amides is 1. The molecule has 1 atom stereocenters. The minimum atomic E-state index is -2.17. The van der Waals surface area contributed by atoms with Crippen LogP contribution in [-0.4, -0.2) is 28.4 Å². The Morgan fingerprint density at radius 2 is 1.73 bits per heavy atom. The molecule has 3 rings (SSSR count). The Labute approximate surface area is 159 Å². The molecule has 0 radical (unpaired) electrons. The largest absolute Gasteiger partial charge is 0.497 e. The van der Waals surface area contributed by atoms with E-state index < -0.39 is 13.9 Å². The summed E-state index contributed by atoms with van der Waals surface area (Å²) in [6.45, 7) is 6.12. The minimum Gasteiger partial charge on any atom is -0.497 e. The molecular weight excluding hydrogens is 370 g/mol. The van der Waals surface area contributed by atoms with E-state index in [0.717, 1.165) is 0 Å². The van der Waals surface area contributed by atoms with Gasteiger partial charge < -0.3 is 19.2 Å². The van der Waals surface area contributed by atoms with Gasteiger partial charge in [0.1, 0.15) is 11.5 Å². The summed E-state index contributed by atoms with van der Waals surface area (Å²) in [5.41, 5.74) is 0.622. The number of hydrogen-bond donors (Lipinski definition) is 1. The lowest BCUT2D eigenvalue weighted by molar-refractivity contribution is -0.128. The molecule has 2 aromatic carbocycles. The van der Waals surface area contributed by atoms with Gasteiger partial charge >= 0.3 is 0 Å². The molecule has 0 bridgehead atoms. The van der Waals surface area contributed by atoms with Gasteiger partial charge in [-0.05, 0) is 56.0 Å². The van der Waals surface area contributed by atoms with Gasteiger partial charge in [-0.25, -0.2) is 0 Å². The number of anilines is 1. The highest BCUT2D eigenvalue weighted by Gasteiger charge is 2.53. The van der Waals surface area contributed by atoms with Gasteiger partial charge in [0.05, 0.1) is 14.2 Å². The molecule has 0 saturated heterocycles. The van der Waals surface area contributed by atoms with E-state index in [0.29, 0.717) is 33.3 Å². The van der Waals surface area contributed by atoms with E-state index in [-0.39, 0.29) is 5.91 Å². The molecule has 1 unspecified atom stereocenters. The molecule has 0 aromatic heterocycles. The highest BCUT2D eigenvalue weighted by Crippen LogP contribution is 2.49. The van der Waals surface area contributed by atoms with Gasteiger partial charge in [0.25, 0.3) is 5.91 Å². The Morgan fingerprint density at radius 3 is 2.35 bits per heavy atom. The molecule has 2 aromatic rings. The Balaban J connectivity index is 2.36. The maximum atomic E-state index is 13.3. The maximum absolute atomic E-state index is 13.3. The molecule has 1 aliphatic heterocycles. The predicted octanol–water partition coefficient (Wildman–Crippen LogP) is 4.40. The maximum Gasteiger partial charge on any atom is 0.265 e. The van der Waals surface area contributed by atoms with E-state index in [4.69, 9.17) is 25.5 Å². The number of rotatable bonds is 5. The van der Waals surface area contributed by atoms with Crippen molar-refractivity contribution in [3.63, 3.8) is 0 Å². The van der Waals surface area contributed by atoms with Crippen molar-refractivity contribution >= 4 is 31.5 Å². The average molecular weight is 392 g/mol. The number of carbonyl (C=O) groups is 1. The molecule has 1 heterocycles. The summed E-state index contributed by atoms with van der Waals surface area (Å²) >= 11 is 6.25. The van der Waals surface area contributed by atoms with E-state index in [2.05, 4.69) is 5.32 Å². The Bertz CT molecular complexity index is 865. The number of hydrogen-bond acceptors (Lipinski definition) is 4. The van der Waals surface area contributed by atoms with Crippen LogP contribution in [0.5, 0.6) is 11.5 Å².